The zero-order valence-corrected chi connectivity index (χ0v) is 19.0. The number of pyridine rings is 1. The lowest BCUT2D eigenvalue weighted by molar-refractivity contribution is -0.113. The average molecular weight is 463 g/mol. The molecular weight excluding hydrogens is 436 g/mol. The van der Waals surface area contributed by atoms with E-state index in [4.69, 9.17) is 0 Å². The largest absolute Gasteiger partial charge is 0.355 e. The van der Waals surface area contributed by atoms with Gasteiger partial charge in [0.15, 0.2) is 0 Å². The van der Waals surface area contributed by atoms with E-state index in [1.165, 1.54) is 22.3 Å². The van der Waals surface area contributed by atoms with E-state index in [0.717, 1.165) is 25.7 Å². The molecule has 1 saturated heterocycles. The van der Waals surface area contributed by atoms with Crippen LogP contribution >= 0.6 is 11.8 Å². The lowest BCUT2D eigenvalue weighted by Crippen LogP contribution is -2.32. The first-order chi connectivity index (χ1) is 14.9. The molecule has 2 heterocycles. The number of amides is 2. The summed E-state index contributed by atoms with van der Waals surface area (Å²) in [5.41, 5.74) is 1.10. The fraction of sp³-hybridized carbons (Fsp3) is 0.381. The van der Waals surface area contributed by atoms with Crippen molar-refractivity contribution in [3.05, 3.63) is 48.2 Å². The van der Waals surface area contributed by atoms with E-state index in [1.807, 2.05) is 0 Å². The van der Waals surface area contributed by atoms with Crippen molar-refractivity contribution in [2.75, 3.05) is 31.2 Å². The lowest BCUT2D eigenvalue weighted by Gasteiger charge is -2.19. The van der Waals surface area contributed by atoms with E-state index < -0.39 is 10.0 Å². The third-order valence-electron chi connectivity index (χ3n) is 4.92. The van der Waals surface area contributed by atoms with Gasteiger partial charge >= 0.3 is 0 Å². The molecule has 10 heteroatoms. The Morgan fingerprint density at radius 1 is 1.03 bits per heavy atom. The van der Waals surface area contributed by atoms with Crippen molar-refractivity contribution in [1.82, 2.24) is 14.6 Å². The number of anilines is 1. The first-order valence-corrected chi connectivity index (χ1v) is 12.5. The summed E-state index contributed by atoms with van der Waals surface area (Å²) < 4.78 is 27.1. The Labute approximate surface area is 186 Å². The van der Waals surface area contributed by atoms with Crippen molar-refractivity contribution >= 4 is 39.3 Å². The molecule has 0 aliphatic carbocycles. The molecule has 2 amide bonds. The highest BCUT2D eigenvalue weighted by atomic mass is 32.2. The van der Waals surface area contributed by atoms with Crippen molar-refractivity contribution in [3.63, 3.8) is 0 Å². The third-order valence-corrected chi connectivity index (χ3v) is 7.75. The SMILES string of the molecule is CNC(=O)c1ccc(NC(=O)CSc2ccc(S(=O)(=O)N3CCCCCC3)cn2)cc1. The summed E-state index contributed by atoms with van der Waals surface area (Å²) in [6, 6.07) is 9.76. The standard InChI is InChI=1S/C21H26N4O4S2/c1-22-21(27)16-6-8-17(9-7-16)24-19(26)15-30-20-11-10-18(14-23-20)31(28,29)25-12-4-2-3-5-13-25/h6-11,14H,2-5,12-13,15H2,1H3,(H,22,27)(H,24,26). The summed E-state index contributed by atoms with van der Waals surface area (Å²) in [5.74, 6) is -0.288. The molecule has 0 spiro atoms. The van der Waals surface area contributed by atoms with Gasteiger partial charge < -0.3 is 10.6 Å². The van der Waals surface area contributed by atoms with Crippen LogP contribution in [0.2, 0.25) is 0 Å². The van der Waals surface area contributed by atoms with Crippen LogP contribution in [0.25, 0.3) is 0 Å². The number of benzene rings is 1. The Bertz CT molecular complexity index is 1000. The maximum absolute atomic E-state index is 12.8. The van der Waals surface area contributed by atoms with Crippen molar-refractivity contribution in [2.24, 2.45) is 0 Å². The van der Waals surface area contributed by atoms with Gasteiger partial charge in [-0.15, -0.1) is 0 Å². The van der Waals surface area contributed by atoms with E-state index in [1.54, 1.807) is 43.4 Å². The van der Waals surface area contributed by atoms with Gasteiger partial charge in [0.2, 0.25) is 15.9 Å². The molecule has 1 aromatic carbocycles. The Kier molecular flexibility index (Phi) is 8.05. The molecule has 2 aromatic rings. The minimum Gasteiger partial charge on any atom is -0.355 e. The van der Waals surface area contributed by atoms with E-state index >= 15 is 0 Å². The molecule has 1 aliphatic rings. The minimum atomic E-state index is -3.53. The van der Waals surface area contributed by atoms with Gasteiger partial charge in [-0.3, -0.25) is 9.59 Å². The fourth-order valence-corrected chi connectivity index (χ4v) is 5.33. The van der Waals surface area contributed by atoms with Crippen molar-refractivity contribution in [1.29, 1.82) is 0 Å². The molecule has 0 radical (unpaired) electrons. The van der Waals surface area contributed by atoms with Crippen LogP contribution in [0.4, 0.5) is 5.69 Å². The molecular formula is C21H26N4O4S2. The van der Waals surface area contributed by atoms with Gasteiger partial charge in [0.25, 0.3) is 5.91 Å². The normalized spacial score (nSPS) is 15.1. The Balaban J connectivity index is 1.54. The van der Waals surface area contributed by atoms with E-state index in [9.17, 15) is 18.0 Å². The predicted octanol–water partition coefficient (Wildman–Crippen LogP) is 2.74. The van der Waals surface area contributed by atoms with Crippen LogP contribution in [0.1, 0.15) is 36.0 Å². The maximum Gasteiger partial charge on any atom is 0.251 e. The second-order valence-electron chi connectivity index (χ2n) is 7.14. The van der Waals surface area contributed by atoms with Crippen LogP contribution in [0, 0.1) is 0 Å². The summed E-state index contributed by atoms with van der Waals surface area (Å²) in [7, 11) is -1.98. The van der Waals surface area contributed by atoms with Crippen LogP contribution < -0.4 is 10.6 Å². The molecule has 0 bridgehead atoms. The maximum atomic E-state index is 12.8. The van der Waals surface area contributed by atoms with Crippen molar-refractivity contribution < 1.29 is 18.0 Å². The number of thioether (sulfide) groups is 1. The van der Waals surface area contributed by atoms with Crippen molar-refractivity contribution in [2.45, 2.75) is 35.6 Å². The highest BCUT2D eigenvalue weighted by molar-refractivity contribution is 7.99. The van der Waals surface area contributed by atoms with Gasteiger partial charge in [-0.1, -0.05) is 24.6 Å². The van der Waals surface area contributed by atoms with Crippen LogP contribution in [-0.4, -0.2) is 55.4 Å². The third kappa shape index (κ3) is 6.28. The van der Waals surface area contributed by atoms with Gasteiger partial charge in [-0.05, 0) is 49.2 Å². The fourth-order valence-electron chi connectivity index (χ4n) is 3.22. The van der Waals surface area contributed by atoms with Crippen LogP contribution in [-0.2, 0) is 14.8 Å². The first kappa shape index (κ1) is 23.2. The molecule has 166 valence electrons. The van der Waals surface area contributed by atoms with Gasteiger partial charge in [-0.2, -0.15) is 4.31 Å². The number of rotatable bonds is 7. The summed E-state index contributed by atoms with van der Waals surface area (Å²) in [4.78, 5) is 28.1. The van der Waals surface area contributed by atoms with Crippen LogP contribution in [0.15, 0.2) is 52.5 Å². The van der Waals surface area contributed by atoms with Gasteiger partial charge in [0, 0.05) is 37.6 Å². The molecule has 1 aliphatic heterocycles. The number of aromatic nitrogens is 1. The number of nitrogens with one attached hydrogen (secondary N) is 2. The highest BCUT2D eigenvalue weighted by Crippen LogP contribution is 2.22. The van der Waals surface area contributed by atoms with Crippen LogP contribution in [0.5, 0.6) is 0 Å². The molecule has 1 aromatic heterocycles. The van der Waals surface area contributed by atoms with E-state index in [2.05, 4.69) is 15.6 Å². The lowest BCUT2D eigenvalue weighted by atomic mass is 10.2. The summed E-state index contributed by atoms with van der Waals surface area (Å²) in [5, 5.41) is 5.87. The average Bonchev–Trinajstić information content (AvgIpc) is 3.08. The number of hydrogen-bond acceptors (Lipinski definition) is 6. The smallest absolute Gasteiger partial charge is 0.251 e. The number of carbonyl (C=O) groups excluding carboxylic acids is 2. The molecule has 8 nitrogen and oxygen atoms in total. The Morgan fingerprint density at radius 3 is 2.29 bits per heavy atom. The number of nitrogens with zero attached hydrogens (tertiary/aromatic N) is 2. The second kappa shape index (κ2) is 10.7. The second-order valence-corrected chi connectivity index (χ2v) is 10.1. The molecule has 2 N–H and O–H groups in total. The molecule has 0 unspecified atom stereocenters. The minimum absolute atomic E-state index is 0.127. The number of carbonyl (C=O) groups is 2. The van der Waals surface area contributed by atoms with Gasteiger partial charge in [-0.25, -0.2) is 13.4 Å². The van der Waals surface area contributed by atoms with Gasteiger partial charge in [0.1, 0.15) is 4.90 Å². The number of sulfonamides is 1. The molecule has 0 atom stereocenters. The first-order valence-electron chi connectivity index (χ1n) is 10.1. The molecule has 1 fully saturated rings. The summed E-state index contributed by atoms with van der Waals surface area (Å²) in [6.07, 6.45) is 5.23. The summed E-state index contributed by atoms with van der Waals surface area (Å²) >= 11 is 1.22. The molecule has 31 heavy (non-hydrogen) atoms. The highest BCUT2D eigenvalue weighted by Gasteiger charge is 2.25. The Morgan fingerprint density at radius 2 is 1.71 bits per heavy atom. The zero-order valence-electron chi connectivity index (χ0n) is 17.3. The quantitative estimate of drug-likeness (QED) is 0.613. The van der Waals surface area contributed by atoms with Crippen molar-refractivity contribution in [3.8, 4) is 0 Å². The number of hydrogen-bond donors (Lipinski definition) is 2. The predicted molar refractivity (Wildman–Crippen MR) is 121 cm³/mol. The zero-order chi connectivity index (χ0) is 22.3. The Hall–Kier alpha value is -2.43. The van der Waals surface area contributed by atoms with Gasteiger partial charge in [0.05, 0.1) is 10.8 Å². The monoisotopic (exact) mass is 462 g/mol. The van der Waals surface area contributed by atoms with E-state index in [-0.39, 0.29) is 22.5 Å². The molecule has 0 saturated carbocycles. The van der Waals surface area contributed by atoms with E-state index in [0.29, 0.717) is 29.4 Å². The van der Waals surface area contributed by atoms with Crippen LogP contribution in [0.3, 0.4) is 0 Å². The topological polar surface area (TPSA) is 108 Å². The molecule has 3 rings (SSSR count). The summed E-state index contributed by atoms with van der Waals surface area (Å²) in [6.45, 7) is 1.09.